The molecule has 7 fully saturated rings. The van der Waals surface area contributed by atoms with Crippen LogP contribution in [0.3, 0.4) is 0 Å². The lowest BCUT2D eigenvalue weighted by molar-refractivity contribution is -0.189. The lowest BCUT2D eigenvalue weighted by Crippen LogP contribution is -2.48. The van der Waals surface area contributed by atoms with Crippen molar-refractivity contribution in [1.29, 1.82) is 0 Å². The van der Waals surface area contributed by atoms with Crippen molar-refractivity contribution in [2.75, 3.05) is 73.6 Å². The second-order valence-electron chi connectivity index (χ2n) is 31.5. The number of hydrogen-bond acceptors (Lipinski definition) is 37. The van der Waals surface area contributed by atoms with Crippen LogP contribution in [0.25, 0.3) is 0 Å². The average Bonchev–Trinajstić information content (AvgIpc) is 1.62. The number of anilines is 5. The normalized spacial score (nSPS) is 25.9. The van der Waals surface area contributed by atoms with E-state index in [0.29, 0.717) is 27.8 Å². The Morgan fingerprint density at radius 1 is 0.409 bits per heavy atom. The zero-order valence-corrected chi connectivity index (χ0v) is 72.4. The van der Waals surface area contributed by atoms with Crippen LogP contribution < -0.4 is 55.4 Å². The smallest absolute Gasteiger partial charge is 0.352 e. The van der Waals surface area contributed by atoms with Crippen molar-refractivity contribution < 1.29 is 127 Å². The molecule has 7 saturated heterocycles. The molecule has 46 nitrogen and oxygen atoms in total. The summed E-state index contributed by atoms with van der Waals surface area (Å²) >= 11 is 0. The minimum atomic E-state index is -1.96. The maximum absolute atomic E-state index is 13.1. The number of aromatic nitrogens is 10. The summed E-state index contributed by atoms with van der Waals surface area (Å²) < 4.78 is 65.0. The van der Waals surface area contributed by atoms with E-state index in [1.54, 1.807) is 182 Å². The summed E-state index contributed by atoms with van der Waals surface area (Å²) in [5.74, 6) is -3.10. The molecule has 12 heterocycles. The van der Waals surface area contributed by atoms with Gasteiger partial charge >= 0.3 is 40.4 Å². The Morgan fingerprint density at radius 2 is 0.781 bits per heavy atom. The first-order valence-corrected chi connectivity index (χ1v) is 42.1. The molecule has 0 radical (unpaired) electrons. The van der Waals surface area contributed by atoms with Crippen LogP contribution in [-0.2, 0) is 56.9 Å². The Balaban J connectivity index is 0.000000141. The monoisotopic (exact) mass is 1890 g/mol. The molecule has 14 N–H and O–H groups in total. The van der Waals surface area contributed by atoms with E-state index in [2.05, 4.69) is 46.2 Å². The molecule has 7 aliphatic heterocycles. The fourth-order valence-electron chi connectivity index (χ4n) is 15.0. The van der Waals surface area contributed by atoms with Gasteiger partial charge in [0.1, 0.15) is 122 Å². The highest BCUT2D eigenvalue weighted by molar-refractivity contribution is 6.05. The van der Waals surface area contributed by atoms with Gasteiger partial charge in [0, 0.05) is 53.2 Å². The van der Waals surface area contributed by atoms with E-state index < -0.39 is 181 Å². The minimum absolute atomic E-state index is 0.0110. The maximum atomic E-state index is 13.1. The number of ether oxygens (including phenoxy) is 11. The quantitative estimate of drug-likeness (QED) is 0.0465. The van der Waals surface area contributed by atoms with Crippen molar-refractivity contribution in [3.8, 4) is 0 Å². The molecule has 6 aromatic carbocycles. The third kappa shape index (κ3) is 23.1. The molecule has 7 aliphatic rings. The second-order valence-corrected chi connectivity index (χ2v) is 31.5. The molecule has 5 aromatic heterocycles. The molecule has 716 valence electrons. The standard InChI is InChI=1S/C31H27N3O8.C17H17N3O6.C17H15N3O6.C17H19N3O6.C9H13N3O5/c1-31(39)25(42-28(37)22-15-9-4-10-16-22)23(19-40-27(36)21-13-7-3-8-14-21)41-29(31)34-18-17-24(33-30(34)38)32-26(35)20-11-5-2-6-12-20;2*21-13-14-11(8-24-9-25-14)26-16(13)20-7-6-12(19-17(20)23)18-15(22)10-4-2-1-3-5-10;1-17(25)13(22)11(9-21)26-15(17)20-8-7-12(19-16(20)24)18-14(23)10-5-3-2-4-6-10;10-5-1-2-12(9(16)11-5)8-7(15)6(14)4(3-13)17-8/h2-18,23,25,29,39H,19H2,1H3,(H,32,33,35,38);1-7,11,13-14,16,21H,8-9H2,(H,18,19,22,23);1-7,11,14,16H,8-9H2,(H,18,19,22,23);2-8,11,13,15,21-22,25H,9H2,1H3,(H,18,19,23,24);1-2,4,6-8,13-15H,3H2,(H2,10,11,16)/t23-,25?,29-,31+;11-,13+,14?,16-;11-,14?,16-;11-,13?,15-,17+;4-,6?,7+,8-/m11111/s1. The summed E-state index contributed by atoms with van der Waals surface area (Å²) in [5.41, 5.74) is 0.0765. The van der Waals surface area contributed by atoms with Gasteiger partial charge in [-0.25, -0.2) is 33.6 Å². The fourth-order valence-corrected chi connectivity index (χ4v) is 15.0. The predicted molar refractivity (Wildman–Crippen MR) is 472 cm³/mol. The first-order valence-electron chi connectivity index (χ1n) is 42.1. The highest BCUT2D eigenvalue weighted by Crippen LogP contribution is 2.42. The van der Waals surface area contributed by atoms with Gasteiger partial charge < -0.3 is 120 Å². The first kappa shape index (κ1) is 98.3. The van der Waals surface area contributed by atoms with Crippen LogP contribution in [0.4, 0.5) is 29.1 Å². The number of rotatable bonds is 20. The van der Waals surface area contributed by atoms with E-state index in [1.807, 2.05) is 0 Å². The summed E-state index contributed by atoms with van der Waals surface area (Å²) in [6.07, 6.45) is -10.8. The maximum Gasteiger partial charge on any atom is 0.352 e. The summed E-state index contributed by atoms with van der Waals surface area (Å²) in [4.78, 5) is 167. The van der Waals surface area contributed by atoms with Crippen LogP contribution in [0.15, 0.2) is 267 Å². The van der Waals surface area contributed by atoms with Crippen LogP contribution in [0, 0.1) is 0 Å². The number of hydrogen-bond donors (Lipinski definition) is 13. The molecule has 0 aliphatic carbocycles. The Morgan fingerprint density at radius 3 is 1.18 bits per heavy atom. The predicted octanol–water partition coefficient (Wildman–Crippen LogP) is 0.623. The molecular formula is C91H91N15O31. The number of ketones is 1. The van der Waals surface area contributed by atoms with Crippen LogP contribution in [0.2, 0.25) is 0 Å². The van der Waals surface area contributed by atoms with Crippen LogP contribution >= 0.6 is 0 Å². The molecule has 5 unspecified atom stereocenters. The van der Waals surface area contributed by atoms with Crippen molar-refractivity contribution in [2.24, 2.45) is 0 Å². The van der Waals surface area contributed by atoms with Gasteiger partial charge in [-0.3, -0.25) is 46.8 Å². The van der Waals surface area contributed by atoms with E-state index in [0.717, 1.165) is 18.3 Å². The molecule has 18 rings (SSSR count). The molecule has 11 aromatic rings. The van der Waals surface area contributed by atoms with Gasteiger partial charge in [0.05, 0.1) is 37.6 Å². The summed E-state index contributed by atoms with van der Waals surface area (Å²) in [6, 6.07) is 57.4. The molecule has 0 saturated carbocycles. The van der Waals surface area contributed by atoms with Gasteiger partial charge in [-0.1, -0.05) is 109 Å². The van der Waals surface area contributed by atoms with Crippen molar-refractivity contribution >= 4 is 70.4 Å². The number of fused-ring (bicyclic) bond motifs is 2. The molecule has 19 atom stereocenters. The highest BCUT2D eigenvalue weighted by atomic mass is 16.7. The van der Waals surface area contributed by atoms with Gasteiger partial charge in [-0.15, -0.1) is 0 Å². The van der Waals surface area contributed by atoms with E-state index >= 15 is 0 Å². The Kier molecular flexibility index (Phi) is 31.7. The Labute approximate surface area is 773 Å². The van der Waals surface area contributed by atoms with Crippen molar-refractivity contribution in [2.45, 2.75) is 129 Å². The number of amides is 4. The van der Waals surface area contributed by atoms with Gasteiger partial charge in [-0.05, 0) is 117 Å². The van der Waals surface area contributed by atoms with E-state index in [-0.39, 0.29) is 85.7 Å². The SMILES string of the molecule is C[C@]1(O)C(O)[C@@H](CO)O[C@H]1n1ccc(NC(=O)c2ccccc2)nc1=O.C[C@]1(O)C(OC(=O)c2ccccc2)[C@@H](COC(=O)c2ccccc2)O[C@H]1n1ccc(NC(=O)c2ccccc2)nc1=O.Nc1ccn([C@@H]2O[C@H](CO)C(O)[C@@H]2O)c(=O)n1.O=C(Nc1ccn([C@@H]2O[C@@H]3COCOC3C2=O)c(=O)n1)c1ccccc1.O=C(Nc1ccn([C@@H]2O[C@@H]3COCOC3[C@@H]2O)c(=O)n1)c1ccccc1. The largest absolute Gasteiger partial charge is 0.459 e. The number of nitrogens with two attached hydrogens (primary N) is 1. The first-order chi connectivity index (χ1) is 65.9. The zero-order valence-electron chi connectivity index (χ0n) is 72.4. The van der Waals surface area contributed by atoms with Crippen molar-refractivity contribution in [3.63, 3.8) is 0 Å². The lowest BCUT2D eigenvalue weighted by Gasteiger charge is -2.30. The fraction of sp³-hybridized carbons (Fsp3) is 0.308. The van der Waals surface area contributed by atoms with Crippen LogP contribution in [-0.4, -0.2) is 261 Å². The lowest BCUT2D eigenvalue weighted by atomic mass is 9.96. The molecular weight excluding hydrogens is 1800 g/mol. The summed E-state index contributed by atoms with van der Waals surface area (Å²) in [6.45, 7) is 1.89. The number of carbonyl (C=O) groups excluding carboxylic acids is 7. The van der Waals surface area contributed by atoms with E-state index in [4.69, 9.17) is 62.9 Å². The topological polar surface area (TPSA) is 631 Å². The number of aliphatic hydroxyl groups is 8. The molecule has 46 heteroatoms. The average molecular weight is 1890 g/mol. The van der Waals surface area contributed by atoms with Gasteiger partial charge in [0.2, 0.25) is 12.0 Å². The van der Waals surface area contributed by atoms with E-state index in [1.165, 1.54) is 79.7 Å². The Bertz CT molecular complexity index is 6410. The number of aliphatic hydroxyl groups excluding tert-OH is 6. The number of nitrogens with one attached hydrogen (secondary N) is 4. The van der Waals surface area contributed by atoms with Gasteiger partial charge in [0.15, 0.2) is 37.1 Å². The van der Waals surface area contributed by atoms with Crippen molar-refractivity contribution in [3.05, 3.63) is 329 Å². The van der Waals surface area contributed by atoms with Crippen LogP contribution in [0.5, 0.6) is 0 Å². The zero-order chi connectivity index (χ0) is 97.4. The number of nitrogen functional groups attached to an aromatic ring is 1. The summed E-state index contributed by atoms with van der Waals surface area (Å²) in [5, 5.41) is 89.9. The summed E-state index contributed by atoms with van der Waals surface area (Å²) in [7, 11) is 0. The number of esters is 2. The number of Topliss-reactive ketones (excluding diaryl/α,β-unsaturated/α-hetero) is 1. The molecule has 0 spiro atoms. The van der Waals surface area contributed by atoms with Gasteiger partial charge in [-0.2, -0.15) is 24.9 Å². The number of carbonyl (C=O) groups is 7. The highest BCUT2D eigenvalue weighted by Gasteiger charge is 2.58. The molecule has 0 bridgehead atoms. The third-order valence-electron chi connectivity index (χ3n) is 22.1. The number of benzene rings is 6. The molecule has 4 amide bonds. The van der Waals surface area contributed by atoms with E-state index in [9.17, 15) is 93.3 Å². The molecule has 137 heavy (non-hydrogen) atoms. The van der Waals surface area contributed by atoms with Crippen LogP contribution in [0.1, 0.15) is 107 Å². The second kappa shape index (κ2) is 44.2. The Hall–Kier alpha value is -14.7. The number of nitrogens with zero attached hydrogens (tertiary/aromatic N) is 10. The van der Waals surface area contributed by atoms with Gasteiger partial charge in [0.25, 0.3) is 23.6 Å². The van der Waals surface area contributed by atoms with Crippen molar-refractivity contribution in [1.82, 2.24) is 47.8 Å². The third-order valence-corrected chi connectivity index (χ3v) is 22.1. The minimum Gasteiger partial charge on any atom is -0.459 e.